The van der Waals surface area contributed by atoms with Gasteiger partial charge in [-0.25, -0.2) is 4.39 Å². The molecular weight excluding hydrogens is 295 g/mol. The number of rotatable bonds is 7. The van der Waals surface area contributed by atoms with Crippen LogP contribution in [0.5, 0.6) is 5.75 Å². The molecule has 0 fully saturated rings. The molecule has 2 aromatic carbocycles. The number of halogens is 1. The maximum atomic E-state index is 12.8. The van der Waals surface area contributed by atoms with Gasteiger partial charge in [-0.3, -0.25) is 4.79 Å². The van der Waals surface area contributed by atoms with Gasteiger partial charge in [-0.2, -0.15) is 0 Å². The van der Waals surface area contributed by atoms with Gasteiger partial charge < -0.3 is 15.8 Å². The lowest BCUT2D eigenvalue weighted by molar-refractivity contribution is -0.126. The van der Waals surface area contributed by atoms with Crippen molar-refractivity contribution in [2.45, 2.75) is 18.9 Å². The second-order valence-electron chi connectivity index (χ2n) is 5.48. The van der Waals surface area contributed by atoms with Crippen LogP contribution in [0.2, 0.25) is 0 Å². The number of hydrogen-bond donors (Lipinski definition) is 2. The van der Waals surface area contributed by atoms with E-state index in [2.05, 4.69) is 5.32 Å². The van der Waals surface area contributed by atoms with Crippen molar-refractivity contribution in [2.75, 3.05) is 13.2 Å². The van der Waals surface area contributed by atoms with Crippen molar-refractivity contribution in [3.8, 4) is 5.75 Å². The minimum atomic E-state index is -1.07. The standard InChI is InChI=1S/C18H21FN2O2/c1-18(20,14-6-3-2-4-7-14)17(22)21-12-5-13-23-16-10-8-15(19)9-11-16/h2-4,6-11H,5,12-13,20H2,1H3,(H,21,22). The van der Waals surface area contributed by atoms with Crippen molar-refractivity contribution in [2.24, 2.45) is 5.73 Å². The first-order valence-electron chi connectivity index (χ1n) is 7.51. The molecule has 2 aromatic rings. The summed E-state index contributed by atoms with van der Waals surface area (Å²) in [5.41, 5.74) is 5.82. The molecule has 0 saturated heterocycles. The van der Waals surface area contributed by atoms with E-state index in [1.807, 2.05) is 30.3 Å². The van der Waals surface area contributed by atoms with Crippen LogP contribution < -0.4 is 15.8 Å². The largest absolute Gasteiger partial charge is 0.494 e. The van der Waals surface area contributed by atoms with Gasteiger partial charge in [0.15, 0.2) is 0 Å². The van der Waals surface area contributed by atoms with Gasteiger partial charge in [0.25, 0.3) is 0 Å². The molecule has 5 heteroatoms. The molecule has 0 aliphatic carbocycles. The molecule has 1 unspecified atom stereocenters. The topological polar surface area (TPSA) is 64.4 Å². The minimum absolute atomic E-state index is 0.231. The number of benzene rings is 2. The van der Waals surface area contributed by atoms with E-state index < -0.39 is 5.54 Å². The third-order valence-electron chi connectivity index (χ3n) is 3.53. The fourth-order valence-electron chi connectivity index (χ4n) is 2.09. The van der Waals surface area contributed by atoms with Crippen molar-refractivity contribution in [3.05, 3.63) is 66.0 Å². The van der Waals surface area contributed by atoms with Gasteiger partial charge in [0, 0.05) is 6.54 Å². The summed E-state index contributed by atoms with van der Waals surface area (Å²) in [7, 11) is 0. The van der Waals surface area contributed by atoms with Crippen LogP contribution in [0, 0.1) is 5.82 Å². The third kappa shape index (κ3) is 4.79. The van der Waals surface area contributed by atoms with E-state index in [9.17, 15) is 9.18 Å². The summed E-state index contributed by atoms with van der Waals surface area (Å²) in [6.45, 7) is 2.57. The van der Waals surface area contributed by atoms with Gasteiger partial charge in [-0.15, -0.1) is 0 Å². The van der Waals surface area contributed by atoms with Crippen LogP contribution in [-0.4, -0.2) is 19.1 Å². The zero-order chi connectivity index (χ0) is 16.7. The average Bonchev–Trinajstić information content (AvgIpc) is 2.57. The Kier molecular flexibility index (Phi) is 5.71. The number of nitrogens with two attached hydrogens (primary N) is 1. The fraction of sp³-hybridized carbons (Fsp3) is 0.278. The summed E-state index contributed by atoms with van der Waals surface area (Å²) >= 11 is 0. The van der Waals surface area contributed by atoms with Gasteiger partial charge in [0.2, 0.25) is 5.91 Å². The Morgan fingerprint density at radius 3 is 2.48 bits per heavy atom. The molecule has 0 bridgehead atoms. The first-order valence-corrected chi connectivity index (χ1v) is 7.51. The Balaban J connectivity index is 1.73. The van der Waals surface area contributed by atoms with Gasteiger partial charge >= 0.3 is 0 Å². The Morgan fingerprint density at radius 2 is 1.83 bits per heavy atom. The van der Waals surface area contributed by atoms with Crippen LogP contribution in [-0.2, 0) is 10.3 Å². The second-order valence-corrected chi connectivity index (χ2v) is 5.48. The zero-order valence-electron chi connectivity index (χ0n) is 13.1. The molecule has 0 saturated carbocycles. The molecule has 4 nitrogen and oxygen atoms in total. The number of hydrogen-bond acceptors (Lipinski definition) is 3. The summed E-state index contributed by atoms with van der Waals surface area (Å²) in [5, 5.41) is 2.81. The summed E-state index contributed by atoms with van der Waals surface area (Å²) < 4.78 is 18.2. The Morgan fingerprint density at radius 1 is 1.17 bits per heavy atom. The highest BCUT2D eigenvalue weighted by Gasteiger charge is 2.29. The summed E-state index contributed by atoms with van der Waals surface area (Å²) in [5.74, 6) is 0.0731. The monoisotopic (exact) mass is 316 g/mol. The summed E-state index contributed by atoms with van der Waals surface area (Å²) in [6, 6.07) is 15.1. The predicted octanol–water partition coefficient (Wildman–Crippen LogP) is 2.58. The maximum absolute atomic E-state index is 12.8. The minimum Gasteiger partial charge on any atom is -0.494 e. The first-order chi connectivity index (χ1) is 11.0. The van der Waals surface area contributed by atoms with E-state index in [1.54, 1.807) is 19.1 Å². The molecule has 0 aromatic heterocycles. The normalized spacial score (nSPS) is 13.2. The SMILES string of the molecule is CC(N)(C(=O)NCCCOc1ccc(F)cc1)c1ccccc1. The van der Waals surface area contributed by atoms with Crippen LogP contribution in [0.15, 0.2) is 54.6 Å². The Bertz CT molecular complexity index is 627. The lowest BCUT2D eigenvalue weighted by Crippen LogP contribution is -2.49. The molecule has 0 heterocycles. The molecule has 0 aliphatic heterocycles. The highest BCUT2D eigenvalue weighted by molar-refractivity contribution is 5.86. The smallest absolute Gasteiger partial charge is 0.244 e. The maximum Gasteiger partial charge on any atom is 0.244 e. The van der Waals surface area contributed by atoms with E-state index in [0.29, 0.717) is 25.3 Å². The Labute approximate surface area is 135 Å². The highest BCUT2D eigenvalue weighted by Crippen LogP contribution is 2.17. The molecule has 122 valence electrons. The lowest BCUT2D eigenvalue weighted by atomic mass is 9.92. The lowest BCUT2D eigenvalue weighted by Gasteiger charge is -2.24. The molecule has 0 spiro atoms. The van der Waals surface area contributed by atoms with Crippen molar-refractivity contribution < 1.29 is 13.9 Å². The number of amides is 1. The zero-order valence-corrected chi connectivity index (χ0v) is 13.1. The molecule has 0 aliphatic rings. The fourth-order valence-corrected chi connectivity index (χ4v) is 2.09. The van der Waals surface area contributed by atoms with E-state index in [4.69, 9.17) is 10.5 Å². The van der Waals surface area contributed by atoms with Gasteiger partial charge in [0.1, 0.15) is 17.1 Å². The quantitative estimate of drug-likeness (QED) is 0.772. The number of carbonyl (C=O) groups excluding carboxylic acids is 1. The van der Waals surface area contributed by atoms with E-state index in [0.717, 1.165) is 5.56 Å². The van der Waals surface area contributed by atoms with Crippen molar-refractivity contribution >= 4 is 5.91 Å². The number of nitrogens with one attached hydrogen (secondary N) is 1. The Hall–Kier alpha value is -2.40. The molecule has 2 rings (SSSR count). The van der Waals surface area contributed by atoms with Crippen LogP contribution in [0.1, 0.15) is 18.9 Å². The summed E-state index contributed by atoms with van der Waals surface area (Å²) in [6.07, 6.45) is 0.633. The highest BCUT2D eigenvalue weighted by atomic mass is 19.1. The van der Waals surface area contributed by atoms with Crippen LogP contribution in [0.3, 0.4) is 0 Å². The van der Waals surface area contributed by atoms with E-state index in [-0.39, 0.29) is 11.7 Å². The predicted molar refractivity (Wildman–Crippen MR) is 87.5 cm³/mol. The summed E-state index contributed by atoms with van der Waals surface area (Å²) in [4.78, 5) is 12.2. The average molecular weight is 316 g/mol. The molecule has 3 N–H and O–H groups in total. The van der Waals surface area contributed by atoms with Crippen LogP contribution in [0.4, 0.5) is 4.39 Å². The second kappa shape index (κ2) is 7.74. The number of ether oxygens (including phenoxy) is 1. The van der Waals surface area contributed by atoms with Crippen LogP contribution in [0.25, 0.3) is 0 Å². The molecule has 23 heavy (non-hydrogen) atoms. The van der Waals surface area contributed by atoms with E-state index >= 15 is 0 Å². The third-order valence-corrected chi connectivity index (χ3v) is 3.53. The van der Waals surface area contributed by atoms with Gasteiger partial charge in [0.05, 0.1) is 6.61 Å². The van der Waals surface area contributed by atoms with Crippen molar-refractivity contribution in [3.63, 3.8) is 0 Å². The number of carbonyl (C=O) groups is 1. The first kappa shape index (κ1) is 17.0. The molecular formula is C18H21FN2O2. The van der Waals surface area contributed by atoms with Crippen molar-refractivity contribution in [1.29, 1.82) is 0 Å². The van der Waals surface area contributed by atoms with E-state index in [1.165, 1.54) is 12.1 Å². The molecule has 1 amide bonds. The molecule has 0 radical (unpaired) electrons. The molecule has 1 atom stereocenters. The van der Waals surface area contributed by atoms with Gasteiger partial charge in [-0.1, -0.05) is 30.3 Å². The van der Waals surface area contributed by atoms with Gasteiger partial charge in [-0.05, 0) is 43.2 Å². The van der Waals surface area contributed by atoms with Crippen molar-refractivity contribution in [1.82, 2.24) is 5.32 Å². The van der Waals surface area contributed by atoms with Crippen LogP contribution >= 0.6 is 0 Å².